The molecule has 1 aromatic rings. The largest absolute Gasteiger partial charge is 0.379 e. The number of rotatable bonds is 6. The number of carbonyl (C=O) groups excluding carboxylic acids is 1. The van der Waals surface area contributed by atoms with Crippen LogP contribution in [0.2, 0.25) is 0 Å². The van der Waals surface area contributed by atoms with Crippen molar-refractivity contribution >= 4 is 17.4 Å². The molecular formula is C14H25N3O2S. The molecular weight excluding hydrogens is 274 g/mol. The molecule has 0 saturated heterocycles. The first-order valence-corrected chi connectivity index (χ1v) is 7.59. The van der Waals surface area contributed by atoms with Crippen LogP contribution in [0.3, 0.4) is 0 Å². The Hall–Kier alpha value is -1.14. The Balaban J connectivity index is 2.45. The maximum Gasteiger partial charge on any atom is 0.317 e. The highest BCUT2D eigenvalue weighted by Crippen LogP contribution is 2.15. The molecule has 1 N–H and O–H groups in total. The standard InChI is InChI=1S/C14H25N3O2S/c1-10(7-14(3,4)19-6)15-13(18)17(5)8-12-9-20-11(2)16-12/h9-10H,7-8H2,1-6H3,(H,15,18). The second-order valence-corrected chi connectivity index (χ2v) is 6.79. The summed E-state index contributed by atoms with van der Waals surface area (Å²) in [6, 6.07) is -0.0351. The van der Waals surface area contributed by atoms with E-state index in [2.05, 4.69) is 10.3 Å². The van der Waals surface area contributed by atoms with E-state index < -0.39 is 0 Å². The van der Waals surface area contributed by atoms with Gasteiger partial charge in [-0.25, -0.2) is 9.78 Å². The van der Waals surface area contributed by atoms with Gasteiger partial charge in [-0.15, -0.1) is 11.3 Å². The molecule has 0 bridgehead atoms. The van der Waals surface area contributed by atoms with E-state index in [1.807, 2.05) is 33.1 Å². The Morgan fingerprint density at radius 2 is 2.25 bits per heavy atom. The Labute approximate surface area is 125 Å². The van der Waals surface area contributed by atoms with Gasteiger partial charge in [-0.05, 0) is 34.1 Å². The Kier molecular flexibility index (Phi) is 5.95. The van der Waals surface area contributed by atoms with Crippen LogP contribution in [0.25, 0.3) is 0 Å². The van der Waals surface area contributed by atoms with Crippen molar-refractivity contribution in [3.8, 4) is 0 Å². The molecule has 114 valence electrons. The number of carbonyl (C=O) groups is 1. The molecule has 0 spiro atoms. The summed E-state index contributed by atoms with van der Waals surface area (Å²) < 4.78 is 5.38. The van der Waals surface area contributed by atoms with E-state index in [4.69, 9.17) is 4.74 Å². The number of methoxy groups -OCH3 is 1. The minimum absolute atomic E-state index is 0.0528. The normalized spacial score (nSPS) is 13.1. The third-order valence-electron chi connectivity index (χ3n) is 3.13. The molecule has 1 aromatic heterocycles. The molecule has 1 rings (SSSR count). The number of nitrogens with zero attached hydrogens (tertiary/aromatic N) is 2. The lowest BCUT2D eigenvalue weighted by Gasteiger charge is -2.28. The van der Waals surface area contributed by atoms with Gasteiger partial charge in [0.25, 0.3) is 0 Å². The van der Waals surface area contributed by atoms with Gasteiger partial charge in [-0.2, -0.15) is 0 Å². The zero-order chi connectivity index (χ0) is 15.3. The Bertz CT molecular complexity index is 445. The van der Waals surface area contributed by atoms with Crippen molar-refractivity contribution in [2.45, 2.75) is 52.3 Å². The van der Waals surface area contributed by atoms with Crippen molar-refractivity contribution in [1.82, 2.24) is 15.2 Å². The molecule has 5 nitrogen and oxygen atoms in total. The van der Waals surface area contributed by atoms with Gasteiger partial charge in [0.15, 0.2) is 0 Å². The molecule has 1 heterocycles. The molecule has 2 amide bonds. The average molecular weight is 299 g/mol. The number of urea groups is 1. The van der Waals surface area contributed by atoms with Gasteiger partial charge < -0.3 is 15.0 Å². The van der Waals surface area contributed by atoms with Crippen LogP contribution in [0.1, 0.15) is 37.9 Å². The lowest BCUT2D eigenvalue weighted by molar-refractivity contribution is 0.00918. The van der Waals surface area contributed by atoms with Crippen LogP contribution in [0, 0.1) is 6.92 Å². The fourth-order valence-electron chi connectivity index (χ4n) is 1.99. The summed E-state index contributed by atoms with van der Waals surface area (Å²) in [6.07, 6.45) is 0.763. The molecule has 0 fully saturated rings. The molecule has 0 saturated carbocycles. The van der Waals surface area contributed by atoms with Crippen LogP contribution >= 0.6 is 11.3 Å². The molecule has 0 aliphatic carbocycles. The van der Waals surface area contributed by atoms with Gasteiger partial charge >= 0.3 is 6.03 Å². The van der Waals surface area contributed by atoms with E-state index in [1.165, 1.54) is 0 Å². The van der Waals surface area contributed by atoms with Crippen LogP contribution in [0.4, 0.5) is 4.79 Å². The lowest BCUT2D eigenvalue weighted by atomic mass is 10.00. The molecule has 6 heteroatoms. The number of thiazole rings is 1. The van der Waals surface area contributed by atoms with E-state index in [-0.39, 0.29) is 17.7 Å². The van der Waals surface area contributed by atoms with Crippen molar-refractivity contribution in [2.75, 3.05) is 14.2 Å². The van der Waals surface area contributed by atoms with Gasteiger partial charge in [-0.3, -0.25) is 0 Å². The van der Waals surface area contributed by atoms with Gasteiger partial charge in [-0.1, -0.05) is 0 Å². The number of aromatic nitrogens is 1. The minimum Gasteiger partial charge on any atom is -0.379 e. The second-order valence-electron chi connectivity index (χ2n) is 5.73. The predicted molar refractivity (Wildman–Crippen MR) is 82.0 cm³/mol. The molecule has 20 heavy (non-hydrogen) atoms. The molecule has 1 unspecified atom stereocenters. The van der Waals surface area contributed by atoms with Crippen molar-refractivity contribution in [1.29, 1.82) is 0 Å². The van der Waals surface area contributed by atoms with Crippen LogP contribution in [-0.2, 0) is 11.3 Å². The van der Waals surface area contributed by atoms with Crippen LogP contribution in [0.5, 0.6) is 0 Å². The third kappa shape index (κ3) is 5.46. The van der Waals surface area contributed by atoms with Gasteiger partial charge in [0.1, 0.15) is 0 Å². The average Bonchev–Trinajstić information content (AvgIpc) is 2.73. The zero-order valence-electron chi connectivity index (χ0n) is 13.2. The SMILES string of the molecule is COC(C)(C)CC(C)NC(=O)N(C)Cc1csc(C)n1. The molecule has 0 aromatic carbocycles. The summed E-state index contributed by atoms with van der Waals surface area (Å²) in [6.45, 7) is 8.49. The highest BCUT2D eigenvalue weighted by atomic mass is 32.1. The maximum absolute atomic E-state index is 12.1. The third-order valence-corrected chi connectivity index (χ3v) is 3.95. The van der Waals surface area contributed by atoms with Crippen LogP contribution < -0.4 is 5.32 Å². The summed E-state index contributed by atoms with van der Waals surface area (Å²) in [4.78, 5) is 18.1. The van der Waals surface area contributed by atoms with Crippen LogP contribution in [-0.4, -0.2) is 41.7 Å². The van der Waals surface area contributed by atoms with Crippen LogP contribution in [0.15, 0.2) is 5.38 Å². The maximum atomic E-state index is 12.1. The monoisotopic (exact) mass is 299 g/mol. The molecule has 0 aliphatic heterocycles. The van der Waals surface area contributed by atoms with E-state index in [0.29, 0.717) is 6.54 Å². The molecule has 0 aliphatic rings. The van der Waals surface area contributed by atoms with Crippen molar-refractivity contribution in [3.63, 3.8) is 0 Å². The number of hydrogen-bond acceptors (Lipinski definition) is 4. The Morgan fingerprint density at radius 1 is 1.60 bits per heavy atom. The van der Waals surface area contributed by atoms with E-state index in [1.54, 1.807) is 30.4 Å². The number of nitrogens with one attached hydrogen (secondary N) is 1. The smallest absolute Gasteiger partial charge is 0.317 e. The first kappa shape index (κ1) is 16.9. The molecule has 1 atom stereocenters. The predicted octanol–water partition coefficient (Wildman–Crippen LogP) is 2.80. The first-order valence-electron chi connectivity index (χ1n) is 6.71. The second kappa shape index (κ2) is 7.04. The van der Waals surface area contributed by atoms with E-state index >= 15 is 0 Å². The summed E-state index contributed by atoms with van der Waals surface area (Å²) >= 11 is 1.60. The van der Waals surface area contributed by atoms with Crippen molar-refractivity contribution in [2.24, 2.45) is 0 Å². The zero-order valence-corrected chi connectivity index (χ0v) is 14.0. The fourth-order valence-corrected chi connectivity index (χ4v) is 2.59. The summed E-state index contributed by atoms with van der Waals surface area (Å²) in [5.74, 6) is 0. The first-order chi connectivity index (χ1) is 9.23. The van der Waals surface area contributed by atoms with Gasteiger partial charge in [0.05, 0.1) is 22.8 Å². The minimum atomic E-state index is -0.239. The number of aryl methyl sites for hydroxylation is 1. The topological polar surface area (TPSA) is 54.5 Å². The van der Waals surface area contributed by atoms with Gasteiger partial charge in [0.2, 0.25) is 0 Å². The quantitative estimate of drug-likeness (QED) is 0.879. The fraction of sp³-hybridized carbons (Fsp3) is 0.714. The van der Waals surface area contributed by atoms with Crippen molar-refractivity contribution in [3.05, 3.63) is 16.1 Å². The molecule has 0 radical (unpaired) electrons. The highest BCUT2D eigenvalue weighted by molar-refractivity contribution is 7.09. The number of ether oxygens (including phenoxy) is 1. The van der Waals surface area contributed by atoms with Crippen molar-refractivity contribution < 1.29 is 9.53 Å². The van der Waals surface area contributed by atoms with E-state index in [0.717, 1.165) is 17.1 Å². The number of hydrogen-bond donors (Lipinski definition) is 1. The highest BCUT2D eigenvalue weighted by Gasteiger charge is 2.22. The number of amides is 2. The van der Waals surface area contributed by atoms with Gasteiger partial charge in [0, 0.05) is 25.6 Å². The van der Waals surface area contributed by atoms with E-state index in [9.17, 15) is 4.79 Å². The Morgan fingerprint density at radius 3 is 2.75 bits per heavy atom. The summed E-state index contributed by atoms with van der Waals surface area (Å²) in [5, 5.41) is 5.98. The summed E-state index contributed by atoms with van der Waals surface area (Å²) in [5.41, 5.74) is 0.687. The summed E-state index contributed by atoms with van der Waals surface area (Å²) in [7, 11) is 3.46. The lowest BCUT2D eigenvalue weighted by Crippen LogP contribution is -2.44.